The van der Waals surface area contributed by atoms with Crippen LogP contribution in [0.15, 0.2) is 48.5 Å². The lowest BCUT2D eigenvalue weighted by Gasteiger charge is -2.30. The van der Waals surface area contributed by atoms with E-state index in [0.29, 0.717) is 10.6 Å². The predicted octanol–water partition coefficient (Wildman–Crippen LogP) is 5.64. The Kier molecular flexibility index (Phi) is 10.1. The number of esters is 2. The first-order chi connectivity index (χ1) is 16.1. The molecule has 2 aromatic carbocycles. The second-order valence-corrected chi connectivity index (χ2v) is 9.60. The first kappa shape index (κ1) is 27.4. The lowest BCUT2D eigenvalue weighted by Crippen LogP contribution is -2.31. The minimum Gasteiger partial charge on any atom is -0.469 e. The van der Waals surface area contributed by atoms with E-state index in [1.165, 1.54) is 7.11 Å². The average Bonchev–Trinajstić information content (AvgIpc) is 2.78. The number of halogens is 1. The van der Waals surface area contributed by atoms with Crippen LogP contribution in [0.2, 0.25) is 5.02 Å². The van der Waals surface area contributed by atoms with Crippen LogP contribution in [0.5, 0.6) is 0 Å². The Labute approximate surface area is 207 Å². The van der Waals surface area contributed by atoms with Crippen molar-refractivity contribution in [1.82, 2.24) is 5.32 Å². The fourth-order valence-electron chi connectivity index (χ4n) is 3.77. The van der Waals surface area contributed by atoms with Crippen molar-refractivity contribution in [2.45, 2.75) is 64.4 Å². The molecule has 0 aliphatic carbocycles. The van der Waals surface area contributed by atoms with E-state index in [9.17, 15) is 14.4 Å². The number of benzene rings is 2. The topological polar surface area (TPSA) is 81.7 Å². The molecule has 0 aliphatic rings. The molecule has 2 rings (SSSR count). The smallest absolute Gasteiger partial charge is 0.314 e. The van der Waals surface area contributed by atoms with Gasteiger partial charge in [0.2, 0.25) is 0 Å². The van der Waals surface area contributed by atoms with Crippen molar-refractivity contribution in [2.24, 2.45) is 0 Å². The molecular weight excluding hydrogens is 454 g/mol. The lowest BCUT2D eigenvalue weighted by atomic mass is 9.78. The van der Waals surface area contributed by atoms with E-state index in [-0.39, 0.29) is 36.7 Å². The van der Waals surface area contributed by atoms with Crippen LogP contribution in [-0.4, -0.2) is 37.1 Å². The summed E-state index contributed by atoms with van der Waals surface area (Å²) in [6, 6.07) is 14.5. The van der Waals surface area contributed by atoms with E-state index < -0.39 is 11.5 Å². The number of hydrogen-bond acceptors (Lipinski definition) is 5. The molecule has 0 aliphatic heterocycles. The molecule has 1 amide bonds. The molecule has 2 unspecified atom stereocenters. The van der Waals surface area contributed by atoms with Crippen LogP contribution < -0.4 is 5.32 Å². The summed E-state index contributed by atoms with van der Waals surface area (Å²) in [4.78, 5) is 37.0. The number of carbonyl (C=O) groups is 3. The number of amides is 1. The Bertz CT molecular complexity index is 964. The monoisotopic (exact) mass is 487 g/mol. The zero-order valence-electron chi connectivity index (χ0n) is 20.5. The number of rotatable bonds is 10. The molecule has 34 heavy (non-hydrogen) atoms. The van der Waals surface area contributed by atoms with E-state index in [0.717, 1.165) is 24.0 Å². The molecule has 0 radical (unpaired) electrons. The van der Waals surface area contributed by atoms with Crippen molar-refractivity contribution in [3.63, 3.8) is 0 Å². The van der Waals surface area contributed by atoms with E-state index in [2.05, 4.69) is 17.0 Å². The van der Waals surface area contributed by atoms with Crippen molar-refractivity contribution in [1.29, 1.82) is 0 Å². The van der Waals surface area contributed by atoms with Crippen LogP contribution >= 0.6 is 11.6 Å². The summed E-state index contributed by atoms with van der Waals surface area (Å²) in [5.74, 6) is -1.61. The van der Waals surface area contributed by atoms with Gasteiger partial charge in [-0.1, -0.05) is 49.2 Å². The Morgan fingerprint density at radius 2 is 1.56 bits per heavy atom. The summed E-state index contributed by atoms with van der Waals surface area (Å²) in [7, 11) is 1.31. The van der Waals surface area contributed by atoms with Gasteiger partial charge in [-0.15, -0.1) is 0 Å². The van der Waals surface area contributed by atoms with Gasteiger partial charge in [-0.05, 0) is 62.6 Å². The van der Waals surface area contributed by atoms with Crippen LogP contribution in [-0.2, 0) is 19.1 Å². The summed E-state index contributed by atoms with van der Waals surface area (Å²) in [6.45, 7) is 7.83. The molecule has 0 heterocycles. The van der Waals surface area contributed by atoms with Gasteiger partial charge in [0, 0.05) is 23.0 Å². The molecule has 0 bridgehead atoms. The summed E-state index contributed by atoms with van der Waals surface area (Å²) in [5, 5.41) is 3.31. The van der Waals surface area contributed by atoms with E-state index in [1.54, 1.807) is 24.3 Å². The largest absolute Gasteiger partial charge is 0.469 e. The second-order valence-electron chi connectivity index (χ2n) is 9.16. The highest BCUT2D eigenvalue weighted by molar-refractivity contribution is 6.30. The molecule has 0 saturated heterocycles. The third-order valence-electron chi connectivity index (χ3n) is 5.34. The molecule has 0 spiro atoms. The Morgan fingerprint density at radius 3 is 2.09 bits per heavy atom. The van der Waals surface area contributed by atoms with Gasteiger partial charge >= 0.3 is 11.9 Å². The minimum atomic E-state index is -0.620. The van der Waals surface area contributed by atoms with E-state index in [4.69, 9.17) is 16.3 Å². The zero-order chi connectivity index (χ0) is 25.3. The maximum absolute atomic E-state index is 13.3. The van der Waals surface area contributed by atoms with Gasteiger partial charge < -0.3 is 14.8 Å². The Hall–Kier alpha value is -2.86. The van der Waals surface area contributed by atoms with Crippen LogP contribution in [0.3, 0.4) is 0 Å². The Balaban J connectivity index is 2.32. The predicted molar refractivity (Wildman–Crippen MR) is 133 cm³/mol. The first-order valence-corrected chi connectivity index (χ1v) is 11.9. The van der Waals surface area contributed by atoms with Crippen LogP contribution in [0.25, 0.3) is 0 Å². The fourth-order valence-corrected chi connectivity index (χ4v) is 3.89. The number of ether oxygens (including phenoxy) is 2. The second kappa shape index (κ2) is 12.6. The van der Waals surface area contributed by atoms with Crippen LogP contribution in [0, 0.1) is 0 Å². The minimum absolute atomic E-state index is 0.109. The molecule has 0 fully saturated rings. The summed E-state index contributed by atoms with van der Waals surface area (Å²) < 4.78 is 10.4. The maximum Gasteiger partial charge on any atom is 0.314 e. The third-order valence-corrected chi connectivity index (χ3v) is 5.59. The fraction of sp³-hybridized carbons (Fsp3) is 0.444. The van der Waals surface area contributed by atoms with Gasteiger partial charge in [0.1, 0.15) is 5.60 Å². The van der Waals surface area contributed by atoms with Gasteiger partial charge in [0.15, 0.2) is 0 Å². The highest BCUT2D eigenvalue weighted by Crippen LogP contribution is 2.39. The maximum atomic E-state index is 13.3. The summed E-state index contributed by atoms with van der Waals surface area (Å²) >= 11 is 6.09. The van der Waals surface area contributed by atoms with Gasteiger partial charge in [0.25, 0.3) is 5.91 Å². The highest BCUT2D eigenvalue weighted by atomic mass is 35.5. The van der Waals surface area contributed by atoms with Gasteiger partial charge in [-0.3, -0.25) is 14.4 Å². The molecule has 0 saturated carbocycles. The lowest BCUT2D eigenvalue weighted by molar-refractivity contribution is -0.157. The quantitative estimate of drug-likeness (QED) is 0.438. The standard InChI is InChI=1S/C27H34ClNO5/c1-6-7-22(18-8-10-20(11-9-18)25(31)29-17-16-23(30)33-5)24(26(32)34-27(2,3)4)19-12-14-21(28)15-13-19/h8-15,22,24H,6-7,16-17H2,1-5H3,(H,29,31). The van der Waals surface area contributed by atoms with Crippen molar-refractivity contribution in [3.8, 4) is 0 Å². The number of carbonyl (C=O) groups excluding carboxylic acids is 3. The first-order valence-electron chi connectivity index (χ1n) is 11.5. The number of hydrogen-bond donors (Lipinski definition) is 1. The normalized spacial score (nSPS) is 13.0. The number of methoxy groups -OCH3 is 1. The van der Waals surface area contributed by atoms with E-state index in [1.807, 2.05) is 45.0 Å². The van der Waals surface area contributed by atoms with Crippen molar-refractivity contribution in [2.75, 3.05) is 13.7 Å². The summed E-state index contributed by atoms with van der Waals surface area (Å²) in [6.07, 6.45) is 1.74. The summed E-state index contributed by atoms with van der Waals surface area (Å²) in [5.41, 5.74) is 1.63. The molecule has 7 heteroatoms. The average molecular weight is 488 g/mol. The van der Waals surface area contributed by atoms with Crippen LogP contribution in [0.4, 0.5) is 0 Å². The van der Waals surface area contributed by atoms with Crippen molar-refractivity contribution >= 4 is 29.4 Å². The highest BCUT2D eigenvalue weighted by Gasteiger charge is 2.34. The van der Waals surface area contributed by atoms with Gasteiger partial charge in [-0.2, -0.15) is 0 Å². The molecule has 6 nitrogen and oxygen atoms in total. The van der Waals surface area contributed by atoms with Crippen molar-refractivity contribution < 1.29 is 23.9 Å². The molecule has 2 aromatic rings. The zero-order valence-corrected chi connectivity index (χ0v) is 21.3. The number of nitrogens with one attached hydrogen (secondary N) is 1. The van der Waals surface area contributed by atoms with Gasteiger partial charge in [-0.25, -0.2) is 0 Å². The third kappa shape index (κ3) is 8.17. The van der Waals surface area contributed by atoms with Crippen molar-refractivity contribution in [3.05, 3.63) is 70.2 Å². The SMILES string of the molecule is CCCC(c1ccc(C(=O)NCCC(=O)OC)cc1)C(C(=O)OC(C)(C)C)c1ccc(Cl)cc1. The van der Waals surface area contributed by atoms with Gasteiger partial charge in [0.05, 0.1) is 19.4 Å². The van der Waals surface area contributed by atoms with E-state index >= 15 is 0 Å². The van der Waals surface area contributed by atoms with Crippen LogP contribution in [0.1, 0.15) is 80.3 Å². The molecule has 2 atom stereocenters. The molecule has 1 N–H and O–H groups in total. The molecule has 0 aromatic heterocycles. The molecule has 184 valence electrons. The Morgan fingerprint density at radius 1 is 0.971 bits per heavy atom. The molecular formula is C27H34ClNO5.